The first-order chi connectivity index (χ1) is 9.50. The summed E-state index contributed by atoms with van der Waals surface area (Å²) in [5, 5.41) is 3.33. The van der Waals surface area contributed by atoms with E-state index < -0.39 is 10.0 Å². The molecule has 0 amide bonds. The van der Waals surface area contributed by atoms with Crippen molar-refractivity contribution in [3.8, 4) is 0 Å². The Balaban J connectivity index is 1.78. The van der Waals surface area contributed by atoms with Crippen LogP contribution in [0.2, 0.25) is 0 Å². The highest BCUT2D eigenvalue weighted by molar-refractivity contribution is 7.88. The van der Waals surface area contributed by atoms with Gasteiger partial charge < -0.3 is 9.73 Å². The quantitative estimate of drug-likeness (QED) is 0.784. The van der Waals surface area contributed by atoms with Crippen LogP contribution in [-0.4, -0.2) is 33.4 Å². The van der Waals surface area contributed by atoms with E-state index in [9.17, 15) is 8.42 Å². The van der Waals surface area contributed by atoms with Crippen LogP contribution in [0.5, 0.6) is 0 Å². The summed E-state index contributed by atoms with van der Waals surface area (Å²) in [4.78, 5) is 0. The fourth-order valence-corrected chi connectivity index (χ4v) is 3.40. The number of hydrogen-bond acceptors (Lipinski definition) is 4. The summed E-state index contributed by atoms with van der Waals surface area (Å²) in [5.41, 5.74) is 0. The number of rotatable bonds is 7. The molecule has 0 saturated heterocycles. The minimum Gasteiger partial charge on any atom is -0.447 e. The van der Waals surface area contributed by atoms with Crippen molar-refractivity contribution in [2.75, 3.05) is 20.6 Å². The summed E-state index contributed by atoms with van der Waals surface area (Å²) in [7, 11) is -0.466. The molecule has 1 aliphatic carbocycles. The second kappa shape index (κ2) is 6.74. The molecule has 5 nitrogen and oxygen atoms in total. The number of sulfonamides is 1. The third-order valence-electron chi connectivity index (χ3n) is 3.88. The van der Waals surface area contributed by atoms with E-state index in [1.165, 1.54) is 52.3 Å². The van der Waals surface area contributed by atoms with Gasteiger partial charge in [-0.15, -0.1) is 0 Å². The van der Waals surface area contributed by atoms with E-state index in [1.54, 1.807) is 6.07 Å². The Morgan fingerprint density at radius 3 is 2.65 bits per heavy atom. The SMILES string of the molecule is CN(C)S(=O)(=O)c1ccc(CNCCC2CCCC2)o1. The molecule has 1 N–H and O–H groups in total. The topological polar surface area (TPSA) is 62.6 Å². The third kappa shape index (κ3) is 3.84. The molecule has 1 aromatic heterocycles. The minimum atomic E-state index is -3.46. The highest BCUT2D eigenvalue weighted by atomic mass is 32.2. The lowest BCUT2D eigenvalue weighted by Crippen LogP contribution is -2.21. The van der Waals surface area contributed by atoms with Gasteiger partial charge in [0.15, 0.2) is 0 Å². The van der Waals surface area contributed by atoms with Crippen LogP contribution in [0.1, 0.15) is 37.9 Å². The van der Waals surface area contributed by atoms with Crippen molar-refractivity contribution in [2.24, 2.45) is 5.92 Å². The lowest BCUT2D eigenvalue weighted by atomic mass is 10.0. The van der Waals surface area contributed by atoms with Crippen LogP contribution in [0.3, 0.4) is 0 Å². The molecule has 0 radical (unpaired) electrons. The smallest absolute Gasteiger partial charge is 0.275 e. The van der Waals surface area contributed by atoms with Crippen molar-refractivity contribution in [2.45, 2.75) is 43.7 Å². The van der Waals surface area contributed by atoms with E-state index >= 15 is 0 Å². The molecule has 0 aliphatic heterocycles. The molecule has 0 aromatic carbocycles. The van der Waals surface area contributed by atoms with Gasteiger partial charge in [0.05, 0.1) is 6.54 Å². The number of hydrogen-bond donors (Lipinski definition) is 1. The Morgan fingerprint density at radius 1 is 1.30 bits per heavy atom. The molecule has 0 bridgehead atoms. The van der Waals surface area contributed by atoms with Gasteiger partial charge in [-0.25, -0.2) is 12.7 Å². The Morgan fingerprint density at radius 2 is 2.00 bits per heavy atom. The van der Waals surface area contributed by atoms with Crippen molar-refractivity contribution in [1.82, 2.24) is 9.62 Å². The second-order valence-corrected chi connectivity index (χ2v) is 7.71. The Labute approximate surface area is 121 Å². The van der Waals surface area contributed by atoms with Gasteiger partial charge in [-0.05, 0) is 31.0 Å². The summed E-state index contributed by atoms with van der Waals surface area (Å²) >= 11 is 0. The molecule has 1 saturated carbocycles. The summed E-state index contributed by atoms with van der Waals surface area (Å²) in [5.74, 6) is 1.53. The van der Waals surface area contributed by atoms with Crippen molar-refractivity contribution in [3.63, 3.8) is 0 Å². The largest absolute Gasteiger partial charge is 0.447 e. The zero-order chi connectivity index (χ0) is 14.6. The predicted octanol–water partition coefficient (Wildman–Crippen LogP) is 2.20. The highest BCUT2D eigenvalue weighted by Crippen LogP contribution is 2.26. The van der Waals surface area contributed by atoms with Gasteiger partial charge in [0.25, 0.3) is 10.0 Å². The standard InChI is InChI=1S/C14H24N2O3S/c1-16(2)20(17,18)14-8-7-13(19-14)11-15-10-9-12-5-3-4-6-12/h7-8,12,15H,3-6,9-11H2,1-2H3. The average molecular weight is 300 g/mol. The summed E-state index contributed by atoms with van der Waals surface area (Å²) < 4.78 is 30.3. The van der Waals surface area contributed by atoms with Gasteiger partial charge in [-0.1, -0.05) is 25.7 Å². The van der Waals surface area contributed by atoms with Gasteiger partial charge in [0, 0.05) is 14.1 Å². The zero-order valence-corrected chi connectivity index (χ0v) is 13.1. The highest BCUT2D eigenvalue weighted by Gasteiger charge is 2.21. The van der Waals surface area contributed by atoms with Crippen LogP contribution in [0.4, 0.5) is 0 Å². The minimum absolute atomic E-state index is 0.00935. The van der Waals surface area contributed by atoms with Crippen molar-refractivity contribution >= 4 is 10.0 Å². The molecule has 1 fully saturated rings. The fourth-order valence-electron chi connectivity index (χ4n) is 2.59. The normalized spacial score (nSPS) is 17.1. The second-order valence-electron chi connectivity index (χ2n) is 5.62. The predicted molar refractivity (Wildman–Crippen MR) is 77.9 cm³/mol. The Kier molecular flexibility index (Phi) is 5.23. The number of nitrogens with one attached hydrogen (secondary N) is 1. The van der Waals surface area contributed by atoms with Gasteiger partial charge in [0.2, 0.25) is 5.09 Å². The molecule has 20 heavy (non-hydrogen) atoms. The monoisotopic (exact) mass is 300 g/mol. The lowest BCUT2D eigenvalue weighted by Gasteiger charge is -2.09. The van der Waals surface area contributed by atoms with Gasteiger partial charge in [0.1, 0.15) is 5.76 Å². The van der Waals surface area contributed by atoms with Crippen molar-refractivity contribution in [3.05, 3.63) is 17.9 Å². The molecule has 1 aliphatic rings. The molecule has 1 heterocycles. The molecule has 6 heteroatoms. The number of nitrogens with zero attached hydrogens (tertiary/aromatic N) is 1. The lowest BCUT2D eigenvalue weighted by molar-refractivity contribution is 0.384. The van der Waals surface area contributed by atoms with E-state index in [2.05, 4.69) is 5.32 Å². The number of furan rings is 1. The molecule has 0 atom stereocenters. The molecule has 0 unspecified atom stereocenters. The van der Waals surface area contributed by atoms with Crippen LogP contribution in [0, 0.1) is 5.92 Å². The van der Waals surface area contributed by atoms with Crippen molar-refractivity contribution < 1.29 is 12.8 Å². The van der Waals surface area contributed by atoms with E-state index in [1.807, 2.05) is 0 Å². The summed E-state index contributed by atoms with van der Waals surface area (Å²) in [6.45, 7) is 1.54. The van der Waals surface area contributed by atoms with Crippen LogP contribution >= 0.6 is 0 Å². The molecule has 1 aromatic rings. The van der Waals surface area contributed by atoms with Crippen LogP contribution in [0.25, 0.3) is 0 Å². The first-order valence-corrected chi connectivity index (χ1v) is 8.66. The van der Waals surface area contributed by atoms with Gasteiger partial charge in [-0.3, -0.25) is 0 Å². The van der Waals surface area contributed by atoms with Crippen LogP contribution in [-0.2, 0) is 16.6 Å². The van der Waals surface area contributed by atoms with Gasteiger partial charge in [-0.2, -0.15) is 0 Å². The van der Waals surface area contributed by atoms with Gasteiger partial charge >= 0.3 is 0 Å². The maximum atomic E-state index is 11.9. The maximum absolute atomic E-state index is 11.9. The first-order valence-electron chi connectivity index (χ1n) is 7.22. The molecule has 114 valence electrons. The van der Waals surface area contributed by atoms with E-state index in [4.69, 9.17) is 4.42 Å². The van der Waals surface area contributed by atoms with E-state index in [-0.39, 0.29) is 5.09 Å². The molecular formula is C14H24N2O3S. The molecular weight excluding hydrogens is 276 g/mol. The van der Waals surface area contributed by atoms with E-state index in [0.29, 0.717) is 12.3 Å². The molecule has 2 rings (SSSR count). The summed E-state index contributed by atoms with van der Waals surface area (Å²) in [6, 6.07) is 3.24. The summed E-state index contributed by atoms with van der Waals surface area (Å²) in [6.07, 6.45) is 6.65. The van der Waals surface area contributed by atoms with E-state index in [0.717, 1.165) is 16.8 Å². The Bertz CT molecular complexity index is 516. The van der Waals surface area contributed by atoms with Crippen molar-refractivity contribution in [1.29, 1.82) is 0 Å². The first kappa shape index (κ1) is 15.5. The fraction of sp³-hybridized carbons (Fsp3) is 0.714. The Hall–Kier alpha value is -0.850. The zero-order valence-electron chi connectivity index (χ0n) is 12.3. The van der Waals surface area contributed by atoms with Crippen LogP contribution in [0.15, 0.2) is 21.6 Å². The average Bonchev–Trinajstić information content (AvgIpc) is 3.06. The molecule has 0 spiro atoms. The third-order valence-corrected chi connectivity index (χ3v) is 5.56. The maximum Gasteiger partial charge on any atom is 0.275 e. The van der Waals surface area contributed by atoms with Crippen LogP contribution < -0.4 is 5.32 Å².